The number of ether oxygens (including phenoxy) is 1. The monoisotopic (exact) mass is 403 g/mol. The molecule has 0 saturated carbocycles. The van der Waals surface area contributed by atoms with Crippen LogP contribution < -0.4 is 0 Å². The molecule has 0 amide bonds. The van der Waals surface area contributed by atoms with Crippen LogP contribution >= 0.6 is 0 Å². The van der Waals surface area contributed by atoms with E-state index in [4.69, 9.17) is 5.11 Å². The van der Waals surface area contributed by atoms with Crippen molar-refractivity contribution in [2.75, 3.05) is 7.11 Å². The molecule has 1 N–H and O–H groups in total. The highest BCUT2D eigenvalue weighted by Gasteiger charge is 2.35. The van der Waals surface area contributed by atoms with Crippen LogP contribution in [0.2, 0.25) is 0 Å². The quantitative estimate of drug-likeness (QED) is 0.645. The van der Waals surface area contributed by atoms with Crippen LogP contribution in [0.25, 0.3) is 10.8 Å². The van der Waals surface area contributed by atoms with Crippen molar-refractivity contribution in [1.82, 2.24) is 4.98 Å². The summed E-state index contributed by atoms with van der Waals surface area (Å²) in [6, 6.07) is 10.3. The molecule has 0 radical (unpaired) electrons. The van der Waals surface area contributed by atoms with Gasteiger partial charge in [-0.05, 0) is 28.6 Å². The molecule has 29 heavy (non-hydrogen) atoms. The lowest BCUT2D eigenvalue weighted by atomic mass is 9.97. The predicted octanol–water partition coefficient (Wildman–Crippen LogP) is 4.26. The Bertz CT molecular complexity index is 1090. The highest BCUT2D eigenvalue weighted by atomic mass is 19.4. The van der Waals surface area contributed by atoms with Gasteiger partial charge in [0.05, 0.1) is 30.4 Å². The van der Waals surface area contributed by atoms with Crippen LogP contribution in [0.4, 0.5) is 13.2 Å². The largest absolute Gasteiger partial charge is 0.478 e. The Kier molecular flexibility index (Phi) is 5.54. The van der Waals surface area contributed by atoms with E-state index in [0.29, 0.717) is 16.6 Å². The van der Waals surface area contributed by atoms with Crippen LogP contribution in [0, 0.1) is 0 Å². The maximum Gasteiger partial charge on any atom is 0.417 e. The minimum absolute atomic E-state index is 0.0236. The predicted molar refractivity (Wildman–Crippen MR) is 98.7 cm³/mol. The zero-order valence-electron chi connectivity index (χ0n) is 15.3. The van der Waals surface area contributed by atoms with Gasteiger partial charge in [0.2, 0.25) is 0 Å². The van der Waals surface area contributed by atoms with Crippen LogP contribution in [0.15, 0.2) is 48.7 Å². The number of carbonyl (C=O) groups is 2. The molecule has 8 heteroatoms. The summed E-state index contributed by atoms with van der Waals surface area (Å²) >= 11 is 0. The number of halogens is 3. The molecule has 2 aromatic carbocycles. The first-order valence-corrected chi connectivity index (χ1v) is 8.56. The number of nitrogens with zero attached hydrogens (tertiary/aromatic N) is 1. The minimum atomic E-state index is -4.79. The molecule has 1 aromatic heterocycles. The summed E-state index contributed by atoms with van der Waals surface area (Å²) in [5.74, 6) is -2.07. The molecule has 3 aromatic rings. The average molecular weight is 403 g/mol. The van der Waals surface area contributed by atoms with Gasteiger partial charge in [0, 0.05) is 18.0 Å². The lowest BCUT2D eigenvalue weighted by molar-refractivity contribution is -0.140. The van der Waals surface area contributed by atoms with Gasteiger partial charge in [-0.2, -0.15) is 13.2 Å². The number of carboxylic acids is 1. The van der Waals surface area contributed by atoms with Crippen molar-refractivity contribution < 1.29 is 32.6 Å². The number of esters is 1. The van der Waals surface area contributed by atoms with E-state index < -0.39 is 29.2 Å². The highest BCUT2D eigenvalue weighted by molar-refractivity contribution is 5.91. The van der Waals surface area contributed by atoms with Crippen molar-refractivity contribution in [3.8, 4) is 0 Å². The van der Waals surface area contributed by atoms with Crippen LogP contribution in [0.3, 0.4) is 0 Å². The summed E-state index contributed by atoms with van der Waals surface area (Å²) in [6.45, 7) is 0. The van der Waals surface area contributed by atoms with Gasteiger partial charge in [-0.25, -0.2) is 4.79 Å². The Morgan fingerprint density at radius 3 is 2.41 bits per heavy atom. The third kappa shape index (κ3) is 4.37. The molecule has 0 spiro atoms. The lowest BCUT2D eigenvalue weighted by Crippen LogP contribution is -2.13. The van der Waals surface area contributed by atoms with E-state index in [0.717, 1.165) is 17.5 Å². The number of fused-ring (bicyclic) bond motifs is 1. The van der Waals surface area contributed by atoms with Crippen LogP contribution in [0.5, 0.6) is 0 Å². The Balaban J connectivity index is 2.04. The van der Waals surface area contributed by atoms with Gasteiger partial charge in [0.25, 0.3) is 0 Å². The number of alkyl halides is 3. The summed E-state index contributed by atoms with van der Waals surface area (Å²) < 4.78 is 44.5. The SMILES string of the molecule is COC(=O)Cc1cnc(Cc2ccc(C(=O)O)c(C(F)(F)F)c2)c2ccccc12. The zero-order chi connectivity index (χ0) is 21.2. The van der Waals surface area contributed by atoms with Crippen LogP contribution in [0.1, 0.15) is 32.7 Å². The smallest absolute Gasteiger partial charge is 0.417 e. The lowest BCUT2D eigenvalue weighted by Gasteiger charge is -2.13. The average Bonchev–Trinajstić information content (AvgIpc) is 2.68. The molecule has 0 aliphatic rings. The van der Waals surface area contributed by atoms with E-state index in [-0.39, 0.29) is 18.4 Å². The third-order valence-corrected chi connectivity index (χ3v) is 4.51. The summed E-state index contributed by atoms with van der Waals surface area (Å²) in [4.78, 5) is 27.1. The van der Waals surface area contributed by atoms with Gasteiger partial charge >= 0.3 is 18.1 Å². The normalized spacial score (nSPS) is 11.4. The number of aromatic carboxylic acids is 1. The van der Waals surface area contributed by atoms with Gasteiger partial charge in [0.1, 0.15) is 0 Å². The fourth-order valence-corrected chi connectivity index (χ4v) is 3.13. The summed E-state index contributed by atoms with van der Waals surface area (Å²) in [5, 5.41) is 10.5. The zero-order valence-corrected chi connectivity index (χ0v) is 15.3. The maximum atomic E-state index is 13.3. The number of pyridine rings is 1. The van der Waals surface area contributed by atoms with Crippen molar-refractivity contribution in [3.05, 3.63) is 76.6 Å². The molecule has 0 saturated heterocycles. The van der Waals surface area contributed by atoms with E-state index in [9.17, 15) is 22.8 Å². The van der Waals surface area contributed by atoms with Gasteiger partial charge in [0.15, 0.2) is 0 Å². The van der Waals surface area contributed by atoms with Crippen molar-refractivity contribution >= 4 is 22.7 Å². The van der Waals surface area contributed by atoms with E-state index >= 15 is 0 Å². The fraction of sp³-hybridized carbons (Fsp3) is 0.190. The molecule has 0 bridgehead atoms. The highest BCUT2D eigenvalue weighted by Crippen LogP contribution is 2.33. The molecule has 3 rings (SSSR count). The fourth-order valence-electron chi connectivity index (χ4n) is 3.13. The number of hydrogen-bond acceptors (Lipinski definition) is 4. The van der Waals surface area contributed by atoms with Gasteiger partial charge in [-0.1, -0.05) is 30.3 Å². The molecule has 5 nitrogen and oxygen atoms in total. The number of aromatic nitrogens is 1. The first-order valence-electron chi connectivity index (χ1n) is 8.56. The molecule has 0 atom stereocenters. The Morgan fingerprint density at radius 1 is 1.10 bits per heavy atom. The molecule has 0 aliphatic carbocycles. The van der Waals surface area contributed by atoms with E-state index in [1.807, 2.05) is 0 Å². The maximum absolute atomic E-state index is 13.3. The van der Waals surface area contributed by atoms with Gasteiger partial charge in [-0.3, -0.25) is 9.78 Å². The molecule has 0 unspecified atom stereocenters. The topological polar surface area (TPSA) is 76.5 Å². The first-order chi connectivity index (χ1) is 13.7. The second kappa shape index (κ2) is 7.90. The molecule has 0 fully saturated rings. The van der Waals surface area contributed by atoms with E-state index in [1.165, 1.54) is 19.4 Å². The Morgan fingerprint density at radius 2 is 1.79 bits per heavy atom. The standard InChI is InChI=1S/C21H16F3NO4/c1-29-19(26)10-13-11-25-18(15-5-3-2-4-14(13)15)9-12-6-7-16(20(27)28)17(8-12)21(22,23)24/h2-8,11H,9-10H2,1H3,(H,27,28). The summed E-state index contributed by atoms with van der Waals surface area (Å²) in [6.07, 6.45) is -3.19. The molecule has 1 heterocycles. The van der Waals surface area contributed by atoms with Gasteiger partial charge in [-0.15, -0.1) is 0 Å². The summed E-state index contributed by atoms with van der Waals surface area (Å²) in [7, 11) is 1.28. The van der Waals surface area contributed by atoms with Gasteiger partial charge < -0.3 is 9.84 Å². The number of hydrogen-bond donors (Lipinski definition) is 1. The van der Waals surface area contributed by atoms with Crippen LogP contribution in [-0.2, 0) is 28.5 Å². The molecule has 150 valence electrons. The summed E-state index contributed by atoms with van der Waals surface area (Å²) in [5.41, 5.74) is -0.555. The third-order valence-electron chi connectivity index (χ3n) is 4.51. The number of carboxylic acid groups (broad SMARTS) is 1. The molecular weight excluding hydrogens is 387 g/mol. The Labute approximate surface area is 163 Å². The number of carbonyl (C=O) groups excluding carboxylic acids is 1. The molecular formula is C21H16F3NO4. The van der Waals surface area contributed by atoms with E-state index in [1.54, 1.807) is 24.3 Å². The van der Waals surface area contributed by atoms with Crippen molar-refractivity contribution in [2.45, 2.75) is 19.0 Å². The first kappa shape index (κ1) is 20.3. The molecule has 0 aliphatic heterocycles. The van der Waals surface area contributed by atoms with Crippen LogP contribution in [-0.4, -0.2) is 29.1 Å². The van der Waals surface area contributed by atoms with Crippen molar-refractivity contribution in [1.29, 1.82) is 0 Å². The Hall–Kier alpha value is -3.42. The minimum Gasteiger partial charge on any atom is -0.478 e. The number of benzene rings is 2. The second-order valence-corrected chi connectivity index (χ2v) is 6.39. The number of rotatable bonds is 5. The van der Waals surface area contributed by atoms with Crippen molar-refractivity contribution in [3.63, 3.8) is 0 Å². The number of methoxy groups -OCH3 is 1. The second-order valence-electron chi connectivity index (χ2n) is 6.39. The van der Waals surface area contributed by atoms with Crippen molar-refractivity contribution in [2.24, 2.45) is 0 Å². The van der Waals surface area contributed by atoms with E-state index in [2.05, 4.69) is 9.72 Å².